The van der Waals surface area contributed by atoms with Gasteiger partial charge in [-0.15, -0.1) is 0 Å². The molecule has 11 heteroatoms. The number of ether oxygens (including phenoxy) is 3. The molecule has 0 aromatic heterocycles. The highest BCUT2D eigenvalue weighted by molar-refractivity contribution is 4.92. The van der Waals surface area contributed by atoms with Gasteiger partial charge in [0, 0.05) is 0 Å². The molecule has 0 saturated carbocycles. The summed E-state index contributed by atoms with van der Waals surface area (Å²) in [5.74, 6) is 0. The fraction of sp³-hybridized carbons (Fsp3) is 1.00. The van der Waals surface area contributed by atoms with E-state index in [2.05, 4.69) is 0 Å². The van der Waals surface area contributed by atoms with Crippen molar-refractivity contribution in [2.75, 3.05) is 13.2 Å². The van der Waals surface area contributed by atoms with E-state index >= 15 is 0 Å². The third kappa shape index (κ3) is 3.65. The summed E-state index contributed by atoms with van der Waals surface area (Å²) in [5, 5.41) is 76.4. The summed E-state index contributed by atoms with van der Waals surface area (Å²) in [7, 11) is 0. The SMILES string of the molecule is OC[C@@H]1O[C@@H](O[C@@H]2O[C@H](CO)[C@@H](O)[C@H](O)[C@@H]2O)[C@@H](O)[C@H](O)[C@@H]1O. The highest BCUT2D eigenvalue weighted by Crippen LogP contribution is 2.27. The number of rotatable bonds is 4. The summed E-state index contributed by atoms with van der Waals surface area (Å²) >= 11 is 0. The minimum Gasteiger partial charge on any atom is -0.394 e. The molecule has 0 radical (unpaired) electrons. The molecule has 2 saturated heterocycles. The van der Waals surface area contributed by atoms with Gasteiger partial charge in [-0.05, 0) is 0 Å². The van der Waals surface area contributed by atoms with Gasteiger partial charge >= 0.3 is 0 Å². The van der Waals surface area contributed by atoms with Crippen molar-refractivity contribution in [1.29, 1.82) is 0 Å². The molecule has 0 aliphatic carbocycles. The number of aliphatic hydroxyl groups excluding tert-OH is 8. The van der Waals surface area contributed by atoms with Crippen LogP contribution in [-0.2, 0) is 14.2 Å². The predicted octanol–water partition coefficient (Wildman–Crippen LogP) is -5.40. The van der Waals surface area contributed by atoms with Gasteiger partial charge in [-0.1, -0.05) is 0 Å². The third-order valence-electron chi connectivity index (χ3n) is 3.97. The number of hydrogen-bond donors (Lipinski definition) is 8. The summed E-state index contributed by atoms with van der Waals surface area (Å²) in [6.45, 7) is -1.33. The van der Waals surface area contributed by atoms with Crippen molar-refractivity contribution in [2.45, 2.75) is 61.4 Å². The van der Waals surface area contributed by atoms with E-state index in [0.29, 0.717) is 0 Å². The molecule has 0 unspecified atom stereocenters. The van der Waals surface area contributed by atoms with Crippen molar-refractivity contribution >= 4 is 0 Å². The zero-order chi connectivity index (χ0) is 17.3. The molecular weight excluding hydrogens is 320 g/mol. The minimum absolute atomic E-state index is 0.667. The predicted molar refractivity (Wildman–Crippen MR) is 68.6 cm³/mol. The third-order valence-corrected chi connectivity index (χ3v) is 3.97. The highest BCUT2D eigenvalue weighted by Gasteiger charge is 2.49. The Kier molecular flexibility index (Phi) is 6.27. The molecule has 2 aliphatic rings. The zero-order valence-electron chi connectivity index (χ0n) is 12.0. The second-order valence-electron chi connectivity index (χ2n) is 5.53. The number of hydrogen-bond acceptors (Lipinski definition) is 11. The summed E-state index contributed by atoms with van der Waals surface area (Å²) in [6.07, 6.45) is -15.6. The average Bonchev–Trinajstić information content (AvgIpc) is 2.55. The van der Waals surface area contributed by atoms with E-state index in [0.717, 1.165) is 0 Å². The first kappa shape index (κ1) is 18.9. The standard InChI is InChI=1S/C12H22O11/c13-1-3-5(15)7(17)9(19)11(21-3)23-12-10(20)8(18)6(16)4(2-14)22-12/h3-20H,1-2H2/t3-,4+,5-,6-,7+,8-,9+,10+,11+,12+/m1/s1. The Morgan fingerprint density at radius 3 is 1.22 bits per heavy atom. The fourth-order valence-corrected chi connectivity index (χ4v) is 2.49. The lowest BCUT2D eigenvalue weighted by atomic mass is 9.98. The van der Waals surface area contributed by atoms with Gasteiger partial charge in [-0.3, -0.25) is 0 Å². The lowest BCUT2D eigenvalue weighted by Gasteiger charge is -2.44. The van der Waals surface area contributed by atoms with Gasteiger partial charge in [0.1, 0.15) is 48.8 Å². The molecule has 11 nitrogen and oxygen atoms in total. The Labute approximate surface area is 130 Å². The zero-order valence-corrected chi connectivity index (χ0v) is 12.0. The van der Waals surface area contributed by atoms with Crippen molar-refractivity contribution in [2.24, 2.45) is 0 Å². The van der Waals surface area contributed by atoms with Crippen LogP contribution in [0.4, 0.5) is 0 Å². The van der Waals surface area contributed by atoms with Gasteiger partial charge in [0.05, 0.1) is 13.2 Å². The second kappa shape index (κ2) is 7.63. The molecule has 8 N–H and O–H groups in total. The van der Waals surface area contributed by atoms with E-state index in [4.69, 9.17) is 24.4 Å². The molecule has 136 valence electrons. The lowest BCUT2D eigenvalue weighted by Crippen LogP contribution is -2.63. The molecule has 10 atom stereocenters. The van der Waals surface area contributed by atoms with Crippen molar-refractivity contribution in [3.05, 3.63) is 0 Å². The fourth-order valence-electron chi connectivity index (χ4n) is 2.49. The van der Waals surface area contributed by atoms with Crippen LogP contribution in [-0.4, -0.2) is 115 Å². The minimum atomic E-state index is -1.72. The maximum atomic E-state index is 9.84. The van der Waals surface area contributed by atoms with Crippen LogP contribution in [0.2, 0.25) is 0 Å². The van der Waals surface area contributed by atoms with Crippen molar-refractivity contribution in [3.63, 3.8) is 0 Å². The molecule has 2 fully saturated rings. The van der Waals surface area contributed by atoms with Crippen LogP contribution < -0.4 is 0 Å². The van der Waals surface area contributed by atoms with Crippen LogP contribution in [0.15, 0.2) is 0 Å². The molecule has 2 rings (SSSR count). The summed E-state index contributed by atoms with van der Waals surface area (Å²) < 4.78 is 15.3. The summed E-state index contributed by atoms with van der Waals surface area (Å²) in [4.78, 5) is 0. The topological polar surface area (TPSA) is 190 Å². The Bertz CT molecular complexity index is 344. The van der Waals surface area contributed by atoms with Gasteiger partial charge < -0.3 is 55.1 Å². The van der Waals surface area contributed by atoms with E-state index in [9.17, 15) is 30.6 Å². The van der Waals surface area contributed by atoms with Crippen LogP contribution in [0.5, 0.6) is 0 Å². The summed E-state index contributed by atoms with van der Waals surface area (Å²) in [5.41, 5.74) is 0. The molecule has 0 spiro atoms. The van der Waals surface area contributed by atoms with Crippen molar-refractivity contribution in [1.82, 2.24) is 0 Å². The first-order chi connectivity index (χ1) is 10.8. The Hall–Kier alpha value is -0.440. The maximum Gasteiger partial charge on any atom is 0.189 e. The van der Waals surface area contributed by atoms with E-state index < -0.39 is 74.6 Å². The normalized spacial score (nSPS) is 51.7. The van der Waals surface area contributed by atoms with Gasteiger partial charge in [0.25, 0.3) is 0 Å². The Balaban J connectivity index is 2.07. The van der Waals surface area contributed by atoms with Crippen LogP contribution in [0.1, 0.15) is 0 Å². The van der Waals surface area contributed by atoms with Crippen LogP contribution in [0, 0.1) is 0 Å². The smallest absolute Gasteiger partial charge is 0.189 e. The van der Waals surface area contributed by atoms with Gasteiger partial charge in [-0.25, -0.2) is 0 Å². The van der Waals surface area contributed by atoms with E-state index in [-0.39, 0.29) is 0 Å². The molecule has 0 amide bonds. The van der Waals surface area contributed by atoms with Crippen LogP contribution in [0.3, 0.4) is 0 Å². The van der Waals surface area contributed by atoms with E-state index in [1.54, 1.807) is 0 Å². The monoisotopic (exact) mass is 342 g/mol. The van der Waals surface area contributed by atoms with Gasteiger partial charge in [0.2, 0.25) is 0 Å². The molecular formula is C12H22O11. The molecule has 2 heterocycles. The Morgan fingerprint density at radius 2 is 0.913 bits per heavy atom. The van der Waals surface area contributed by atoms with Gasteiger partial charge in [0.15, 0.2) is 12.6 Å². The second-order valence-corrected chi connectivity index (χ2v) is 5.53. The van der Waals surface area contributed by atoms with Gasteiger partial charge in [-0.2, -0.15) is 0 Å². The van der Waals surface area contributed by atoms with Crippen LogP contribution >= 0.6 is 0 Å². The maximum absolute atomic E-state index is 9.84. The van der Waals surface area contributed by atoms with Crippen molar-refractivity contribution in [3.8, 4) is 0 Å². The first-order valence-electron chi connectivity index (χ1n) is 7.08. The lowest BCUT2D eigenvalue weighted by molar-refractivity contribution is -0.376. The van der Waals surface area contributed by atoms with Crippen molar-refractivity contribution < 1.29 is 55.1 Å². The van der Waals surface area contributed by atoms with E-state index in [1.807, 2.05) is 0 Å². The highest BCUT2D eigenvalue weighted by atomic mass is 16.8. The molecule has 0 aromatic rings. The molecule has 2 aliphatic heterocycles. The molecule has 0 bridgehead atoms. The van der Waals surface area contributed by atoms with Crippen LogP contribution in [0.25, 0.3) is 0 Å². The first-order valence-corrected chi connectivity index (χ1v) is 7.08. The van der Waals surface area contributed by atoms with E-state index in [1.165, 1.54) is 0 Å². The quantitative estimate of drug-likeness (QED) is 0.243. The molecule has 0 aromatic carbocycles. The average molecular weight is 342 g/mol. The Morgan fingerprint density at radius 1 is 0.565 bits per heavy atom. The number of aliphatic hydroxyl groups is 8. The summed E-state index contributed by atoms with van der Waals surface area (Å²) in [6, 6.07) is 0. The molecule has 23 heavy (non-hydrogen) atoms. The largest absolute Gasteiger partial charge is 0.394 e.